The molecule has 3 aromatic rings. The van der Waals surface area contributed by atoms with Crippen LogP contribution in [0.1, 0.15) is 15.9 Å². The fourth-order valence-electron chi connectivity index (χ4n) is 3.62. The summed E-state index contributed by atoms with van der Waals surface area (Å²) >= 11 is 8.11. The summed E-state index contributed by atoms with van der Waals surface area (Å²) in [6, 6.07) is 9.31. The molecule has 1 N–H and O–H groups in total. The van der Waals surface area contributed by atoms with Gasteiger partial charge in [-0.05, 0) is 52.2 Å². The summed E-state index contributed by atoms with van der Waals surface area (Å²) in [5.74, 6) is 1.71. The van der Waals surface area contributed by atoms with E-state index in [1.165, 1.54) is 21.3 Å². The lowest BCUT2D eigenvalue weighted by molar-refractivity contribution is 0.0932. The molecule has 1 unspecified atom stereocenters. The van der Waals surface area contributed by atoms with Crippen molar-refractivity contribution in [1.82, 2.24) is 5.32 Å². The Bertz CT molecular complexity index is 1070. The van der Waals surface area contributed by atoms with Crippen LogP contribution in [0.3, 0.4) is 0 Å². The van der Waals surface area contributed by atoms with Gasteiger partial charge in [-0.2, -0.15) is 11.3 Å². The van der Waals surface area contributed by atoms with Crippen molar-refractivity contribution in [2.45, 2.75) is 12.5 Å². The Labute approximate surface area is 189 Å². The molecular formula is C23H22ClNO5S. The largest absolute Gasteiger partial charge is 0.493 e. The van der Waals surface area contributed by atoms with Crippen LogP contribution in [0.4, 0.5) is 0 Å². The van der Waals surface area contributed by atoms with Gasteiger partial charge in [0.05, 0.1) is 32.9 Å². The van der Waals surface area contributed by atoms with E-state index in [1.54, 1.807) is 23.5 Å². The van der Waals surface area contributed by atoms with Gasteiger partial charge in [0.1, 0.15) is 11.9 Å². The molecule has 6 nitrogen and oxygen atoms in total. The van der Waals surface area contributed by atoms with Crippen LogP contribution in [0.5, 0.6) is 23.0 Å². The SMILES string of the molecule is COc1cc(C(=O)NCC2Cc3cc(-c4ccsc4)cc(Cl)c3O2)cc(OC)c1OC. The summed E-state index contributed by atoms with van der Waals surface area (Å²) in [5, 5.41) is 7.62. The number of rotatable bonds is 7. The van der Waals surface area contributed by atoms with E-state index in [-0.39, 0.29) is 12.0 Å². The lowest BCUT2D eigenvalue weighted by Crippen LogP contribution is -2.34. The maximum absolute atomic E-state index is 12.7. The van der Waals surface area contributed by atoms with E-state index in [2.05, 4.69) is 22.8 Å². The predicted molar refractivity (Wildman–Crippen MR) is 121 cm³/mol. The van der Waals surface area contributed by atoms with Gasteiger partial charge in [-0.15, -0.1) is 0 Å². The zero-order chi connectivity index (χ0) is 22.0. The first-order valence-electron chi connectivity index (χ1n) is 9.64. The second kappa shape index (κ2) is 9.08. The van der Waals surface area contributed by atoms with E-state index in [9.17, 15) is 4.79 Å². The fourth-order valence-corrected chi connectivity index (χ4v) is 4.57. The molecule has 8 heteroatoms. The Kier molecular flexibility index (Phi) is 6.25. The van der Waals surface area contributed by atoms with E-state index < -0.39 is 0 Å². The van der Waals surface area contributed by atoms with Gasteiger partial charge in [-0.1, -0.05) is 11.6 Å². The van der Waals surface area contributed by atoms with Crippen molar-refractivity contribution in [2.75, 3.05) is 27.9 Å². The smallest absolute Gasteiger partial charge is 0.251 e. The number of benzene rings is 2. The Morgan fingerprint density at radius 3 is 2.48 bits per heavy atom. The van der Waals surface area contributed by atoms with Crippen LogP contribution in [-0.2, 0) is 6.42 Å². The minimum absolute atomic E-state index is 0.198. The number of halogens is 1. The average molecular weight is 460 g/mol. The first kappa shape index (κ1) is 21.3. The summed E-state index contributed by atoms with van der Waals surface area (Å²) in [6.45, 7) is 0.342. The first-order chi connectivity index (χ1) is 15.0. The van der Waals surface area contributed by atoms with Crippen molar-refractivity contribution in [2.24, 2.45) is 0 Å². The molecular weight excluding hydrogens is 438 g/mol. The third-order valence-electron chi connectivity index (χ3n) is 5.12. The quantitative estimate of drug-likeness (QED) is 0.548. The van der Waals surface area contributed by atoms with Crippen LogP contribution in [0, 0.1) is 0 Å². The molecule has 2 heterocycles. The van der Waals surface area contributed by atoms with Crippen molar-refractivity contribution in [3.8, 4) is 34.1 Å². The maximum atomic E-state index is 12.7. The Morgan fingerprint density at radius 2 is 1.87 bits per heavy atom. The van der Waals surface area contributed by atoms with Gasteiger partial charge in [0.25, 0.3) is 5.91 Å². The third kappa shape index (κ3) is 4.29. The second-order valence-corrected chi connectivity index (χ2v) is 8.21. The number of amides is 1. The molecule has 0 saturated carbocycles. The van der Waals surface area contributed by atoms with Gasteiger partial charge in [-0.25, -0.2) is 0 Å². The number of carbonyl (C=O) groups is 1. The second-order valence-electron chi connectivity index (χ2n) is 7.03. The number of hydrogen-bond acceptors (Lipinski definition) is 6. The van der Waals surface area contributed by atoms with E-state index in [1.807, 2.05) is 11.4 Å². The topological polar surface area (TPSA) is 66.0 Å². The molecule has 162 valence electrons. The monoisotopic (exact) mass is 459 g/mol. The Morgan fingerprint density at radius 1 is 1.13 bits per heavy atom. The fraction of sp³-hybridized carbons (Fsp3) is 0.261. The summed E-state index contributed by atoms with van der Waals surface area (Å²) in [4.78, 5) is 12.7. The minimum atomic E-state index is -0.260. The third-order valence-corrected chi connectivity index (χ3v) is 6.09. The number of ether oxygens (including phenoxy) is 4. The van der Waals surface area contributed by atoms with Crippen molar-refractivity contribution >= 4 is 28.8 Å². The molecule has 0 saturated heterocycles. The van der Waals surface area contributed by atoms with Crippen LogP contribution in [0.25, 0.3) is 11.1 Å². The Balaban J connectivity index is 1.45. The minimum Gasteiger partial charge on any atom is -0.493 e. The van der Waals surface area contributed by atoms with E-state index >= 15 is 0 Å². The van der Waals surface area contributed by atoms with Gasteiger partial charge in [0.2, 0.25) is 5.75 Å². The molecule has 0 spiro atoms. The molecule has 1 aromatic heterocycles. The summed E-state index contributed by atoms with van der Waals surface area (Å²) in [7, 11) is 4.54. The van der Waals surface area contributed by atoms with E-state index in [0.29, 0.717) is 46.5 Å². The van der Waals surface area contributed by atoms with E-state index in [0.717, 1.165) is 16.7 Å². The zero-order valence-electron chi connectivity index (χ0n) is 17.4. The maximum Gasteiger partial charge on any atom is 0.251 e. The molecule has 4 rings (SSSR count). The number of fused-ring (bicyclic) bond motifs is 1. The van der Waals surface area contributed by atoms with E-state index in [4.69, 9.17) is 30.5 Å². The summed E-state index contributed by atoms with van der Waals surface area (Å²) in [6.07, 6.45) is 0.471. The highest BCUT2D eigenvalue weighted by Gasteiger charge is 2.27. The molecule has 0 bridgehead atoms. The van der Waals surface area contributed by atoms with Crippen LogP contribution < -0.4 is 24.3 Å². The standard InChI is InChI=1S/C23H22ClNO5S/c1-27-19-9-16(10-20(28-2)22(19)29-3)23(26)25-11-17-7-15-6-14(13-4-5-31-12-13)8-18(24)21(15)30-17/h4-6,8-10,12,17H,7,11H2,1-3H3,(H,25,26). The van der Waals surface area contributed by atoms with Crippen molar-refractivity contribution in [1.29, 1.82) is 0 Å². The predicted octanol–water partition coefficient (Wildman–Crippen LogP) is 4.83. The van der Waals surface area contributed by atoms with Gasteiger partial charge in [0, 0.05) is 17.5 Å². The lowest BCUT2D eigenvalue weighted by Gasteiger charge is -2.15. The van der Waals surface area contributed by atoms with Crippen LogP contribution in [-0.4, -0.2) is 39.9 Å². The molecule has 1 atom stereocenters. The molecule has 1 amide bonds. The molecule has 1 aliphatic rings. The Hall–Kier alpha value is -2.90. The lowest BCUT2D eigenvalue weighted by atomic mass is 10.0. The zero-order valence-corrected chi connectivity index (χ0v) is 18.9. The molecule has 0 fully saturated rings. The van der Waals surface area contributed by atoms with Gasteiger partial charge < -0.3 is 24.3 Å². The highest BCUT2D eigenvalue weighted by molar-refractivity contribution is 7.08. The van der Waals surface area contributed by atoms with Crippen molar-refractivity contribution in [3.05, 3.63) is 57.2 Å². The number of nitrogens with one attached hydrogen (secondary N) is 1. The summed E-state index contributed by atoms with van der Waals surface area (Å²) in [5.41, 5.74) is 3.65. The van der Waals surface area contributed by atoms with Gasteiger partial charge in [0.15, 0.2) is 11.5 Å². The molecule has 2 aromatic carbocycles. The number of methoxy groups -OCH3 is 3. The molecule has 31 heavy (non-hydrogen) atoms. The molecule has 0 radical (unpaired) electrons. The molecule has 0 aliphatic carbocycles. The van der Waals surface area contributed by atoms with Gasteiger partial charge >= 0.3 is 0 Å². The number of thiophene rings is 1. The average Bonchev–Trinajstić information content (AvgIpc) is 3.46. The van der Waals surface area contributed by atoms with Crippen LogP contribution in [0.15, 0.2) is 41.1 Å². The molecule has 1 aliphatic heterocycles. The normalized spacial score (nSPS) is 14.5. The summed E-state index contributed by atoms with van der Waals surface area (Å²) < 4.78 is 22.0. The van der Waals surface area contributed by atoms with Crippen molar-refractivity contribution < 1.29 is 23.7 Å². The highest BCUT2D eigenvalue weighted by Crippen LogP contribution is 2.40. The van der Waals surface area contributed by atoms with Crippen LogP contribution >= 0.6 is 22.9 Å². The van der Waals surface area contributed by atoms with Gasteiger partial charge in [-0.3, -0.25) is 4.79 Å². The number of hydrogen-bond donors (Lipinski definition) is 1. The van der Waals surface area contributed by atoms with Crippen molar-refractivity contribution in [3.63, 3.8) is 0 Å². The highest BCUT2D eigenvalue weighted by atomic mass is 35.5. The first-order valence-corrected chi connectivity index (χ1v) is 11.0. The van der Waals surface area contributed by atoms with Crippen LogP contribution in [0.2, 0.25) is 5.02 Å². The number of carbonyl (C=O) groups excluding carboxylic acids is 1.